The molecule has 4 nitrogen and oxygen atoms in total. The van der Waals surface area contributed by atoms with Crippen LogP contribution in [0.1, 0.15) is 12.5 Å². The number of thiazole rings is 1. The smallest absolute Gasteiger partial charge is 0.181 e. The highest BCUT2D eigenvalue weighted by Gasteiger charge is 2.14. The van der Waals surface area contributed by atoms with Crippen molar-refractivity contribution >= 4 is 17.2 Å². The van der Waals surface area contributed by atoms with E-state index < -0.39 is 0 Å². The molecule has 0 saturated heterocycles. The first-order valence-electron chi connectivity index (χ1n) is 6.86. The molecule has 0 aliphatic rings. The predicted octanol–water partition coefficient (Wildman–Crippen LogP) is 4.01. The minimum atomic E-state index is 0.664. The minimum absolute atomic E-state index is 0.664. The molecule has 106 valence electrons. The first-order chi connectivity index (χ1) is 10.3. The van der Waals surface area contributed by atoms with Gasteiger partial charge in [-0.25, -0.2) is 15.0 Å². The Hall–Kier alpha value is -2.27. The van der Waals surface area contributed by atoms with Crippen molar-refractivity contribution in [2.24, 2.45) is 0 Å². The van der Waals surface area contributed by atoms with Crippen LogP contribution in [0.25, 0.3) is 22.8 Å². The Kier molecular flexibility index (Phi) is 3.92. The number of hydrogen-bond donors (Lipinski definition) is 1. The molecule has 0 saturated carbocycles. The number of benzene rings is 1. The molecule has 2 heterocycles. The van der Waals surface area contributed by atoms with Gasteiger partial charge in [-0.1, -0.05) is 30.3 Å². The summed E-state index contributed by atoms with van der Waals surface area (Å²) in [6, 6.07) is 10.2. The normalized spacial score (nSPS) is 10.6. The van der Waals surface area contributed by atoms with E-state index in [4.69, 9.17) is 4.98 Å². The number of nitrogens with one attached hydrogen (secondary N) is 1. The second-order valence-electron chi connectivity index (χ2n) is 4.64. The maximum Gasteiger partial charge on any atom is 0.181 e. The van der Waals surface area contributed by atoms with Crippen molar-refractivity contribution in [2.75, 3.05) is 11.9 Å². The minimum Gasteiger partial charge on any atom is -0.370 e. The molecular weight excluding hydrogens is 280 g/mol. The molecule has 0 atom stereocenters. The highest BCUT2D eigenvalue weighted by molar-refractivity contribution is 7.07. The lowest BCUT2D eigenvalue weighted by molar-refractivity contribution is 1.08. The molecule has 5 heteroatoms. The third kappa shape index (κ3) is 2.78. The van der Waals surface area contributed by atoms with E-state index in [1.807, 2.05) is 30.5 Å². The molecular formula is C16H16N4S. The largest absolute Gasteiger partial charge is 0.370 e. The Morgan fingerprint density at radius 3 is 2.62 bits per heavy atom. The molecule has 0 radical (unpaired) electrons. The van der Waals surface area contributed by atoms with Crippen molar-refractivity contribution in [3.8, 4) is 22.8 Å². The SMILES string of the molecule is CCNc1nc(-c2cscn2)nc(-c2ccccc2)c1C. The summed E-state index contributed by atoms with van der Waals surface area (Å²) >= 11 is 1.55. The molecule has 1 N–H and O–H groups in total. The van der Waals surface area contributed by atoms with Crippen LogP contribution in [0.4, 0.5) is 5.82 Å². The van der Waals surface area contributed by atoms with E-state index in [0.29, 0.717) is 5.82 Å². The highest BCUT2D eigenvalue weighted by Crippen LogP contribution is 2.28. The van der Waals surface area contributed by atoms with E-state index >= 15 is 0 Å². The van der Waals surface area contributed by atoms with Gasteiger partial charge < -0.3 is 5.32 Å². The van der Waals surface area contributed by atoms with Crippen LogP contribution in [-0.2, 0) is 0 Å². The van der Waals surface area contributed by atoms with E-state index in [9.17, 15) is 0 Å². The number of nitrogens with zero attached hydrogens (tertiary/aromatic N) is 3. The van der Waals surface area contributed by atoms with E-state index in [1.54, 1.807) is 16.8 Å². The van der Waals surface area contributed by atoms with Gasteiger partial charge >= 0.3 is 0 Å². The fourth-order valence-electron chi connectivity index (χ4n) is 2.17. The Morgan fingerprint density at radius 2 is 1.95 bits per heavy atom. The zero-order valence-electron chi connectivity index (χ0n) is 12.0. The Morgan fingerprint density at radius 1 is 1.14 bits per heavy atom. The Labute approximate surface area is 127 Å². The van der Waals surface area contributed by atoms with Gasteiger partial charge in [0, 0.05) is 23.1 Å². The van der Waals surface area contributed by atoms with Gasteiger partial charge in [-0.15, -0.1) is 11.3 Å². The quantitative estimate of drug-likeness (QED) is 0.790. The maximum atomic E-state index is 4.72. The zero-order valence-corrected chi connectivity index (χ0v) is 12.8. The van der Waals surface area contributed by atoms with Crippen molar-refractivity contribution in [3.05, 3.63) is 46.8 Å². The van der Waals surface area contributed by atoms with Crippen LogP contribution in [0.3, 0.4) is 0 Å². The molecule has 21 heavy (non-hydrogen) atoms. The first kappa shape index (κ1) is 13.7. The number of anilines is 1. The molecule has 0 amide bonds. The zero-order chi connectivity index (χ0) is 14.7. The summed E-state index contributed by atoms with van der Waals surface area (Å²) in [5.41, 5.74) is 5.71. The van der Waals surface area contributed by atoms with Crippen LogP contribution < -0.4 is 5.32 Å². The van der Waals surface area contributed by atoms with E-state index in [1.165, 1.54) is 0 Å². The van der Waals surface area contributed by atoms with Crippen molar-refractivity contribution in [2.45, 2.75) is 13.8 Å². The van der Waals surface area contributed by atoms with Crippen LogP contribution in [0, 0.1) is 6.92 Å². The summed E-state index contributed by atoms with van der Waals surface area (Å²) in [6.07, 6.45) is 0. The summed E-state index contributed by atoms with van der Waals surface area (Å²) in [6.45, 7) is 4.93. The van der Waals surface area contributed by atoms with Crippen LogP contribution in [0.2, 0.25) is 0 Å². The molecule has 3 rings (SSSR count). The summed E-state index contributed by atoms with van der Waals surface area (Å²) in [5, 5.41) is 5.28. The van der Waals surface area contributed by atoms with E-state index in [0.717, 1.165) is 34.9 Å². The number of rotatable bonds is 4. The molecule has 0 bridgehead atoms. The van der Waals surface area contributed by atoms with Crippen molar-refractivity contribution in [3.63, 3.8) is 0 Å². The lowest BCUT2D eigenvalue weighted by Crippen LogP contribution is -2.06. The maximum absolute atomic E-state index is 4.72. The average molecular weight is 296 g/mol. The van der Waals surface area contributed by atoms with Crippen molar-refractivity contribution in [1.82, 2.24) is 15.0 Å². The van der Waals surface area contributed by atoms with Crippen LogP contribution in [0.5, 0.6) is 0 Å². The van der Waals surface area contributed by atoms with Crippen molar-refractivity contribution < 1.29 is 0 Å². The lowest BCUT2D eigenvalue weighted by Gasteiger charge is -2.12. The van der Waals surface area contributed by atoms with E-state index in [2.05, 4.69) is 34.3 Å². The van der Waals surface area contributed by atoms with E-state index in [-0.39, 0.29) is 0 Å². The molecule has 0 aliphatic carbocycles. The second kappa shape index (κ2) is 6.01. The van der Waals surface area contributed by atoms with Gasteiger partial charge in [0.05, 0.1) is 11.2 Å². The predicted molar refractivity (Wildman–Crippen MR) is 87.5 cm³/mol. The van der Waals surface area contributed by atoms with Crippen molar-refractivity contribution in [1.29, 1.82) is 0 Å². The number of hydrogen-bond acceptors (Lipinski definition) is 5. The summed E-state index contributed by atoms with van der Waals surface area (Å²) in [5.74, 6) is 1.53. The highest BCUT2D eigenvalue weighted by atomic mass is 32.1. The van der Waals surface area contributed by atoms with Crippen LogP contribution in [0.15, 0.2) is 41.2 Å². The lowest BCUT2D eigenvalue weighted by atomic mass is 10.1. The molecule has 3 aromatic rings. The Bertz CT molecular complexity index is 724. The molecule has 1 aromatic carbocycles. The summed E-state index contributed by atoms with van der Waals surface area (Å²) in [7, 11) is 0. The fourth-order valence-corrected chi connectivity index (χ4v) is 2.70. The standard InChI is InChI=1S/C16H16N4S/c1-3-17-15-11(2)14(12-7-5-4-6-8-12)19-16(20-15)13-9-21-10-18-13/h4-10H,3H2,1-2H3,(H,17,19,20). The Balaban J connectivity index is 2.18. The third-order valence-corrected chi connectivity index (χ3v) is 3.79. The first-order valence-corrected chi connectivity index (χ1v) is 7.80. The number of aromatic nitrogens is 3. The van der Waals surface area contributed by atoms with Gasteiger partial charge in [-0.2, -0.15) is 0 Å². The molecule has 0 unspecified atom stereocenters. The average Bonchev–Trinajstić information content (AvgIpc) is 3.05. The monoisotopic (exact) mass is 296 g/mol. The second-order valence-corrected chi connectivity index (χ2v) is 5.36. The molecule has 0 aliphatic heterocycles. The van der Waals surface area contributed by atoms with Gasteiger partial charge in [0.2, 0.25) is 0 Å². The van der Waals surface area contributed by atoms with Crippen LogP contribution >= 0.6 is 11.3 Å². The van der Waals surface area contributed by atoms with Gasteiger partial charge in [0.15, 0.2) is 5.82 Å². The third-order valence-electron chi connectivity index (χ3n) is 3.20. The topological polar surface area (TPSA) is 50.7 Å². The fraction of sp³-hybridized carbons (Fsp3) is 0.188. The molecule has 0 spiro atoms. The van der Waals surface area contributed by atoms with Gasteiger partial charge in [-0.3, -0.25) is 0 Å². The van der Waals surface area contributed by atoms with Crippen LogP contribution in [-0.4, -0.2) is 21.5 Å². The molecule has 0 fully saturated rings. The van der Waals surface area contributed by atoms with Gasteiger partial charge in [-0.05, 0) is 13.8 Å². The van der Waals surface area contributed by atoms with Gasteiger partial charge in [0.25, 0.3) is 0 Å². The summed E-state index contributed by atoms with van der Waals surface area (Å²) in [4.78, 5) is 13.7. The molecule has 2 aromatic heterocycles. The summed E-state index contributed by atoms with van der Waals surface area (Å²) < 4.78 is 0. The van der Waals surface area contributed by atoms with Gasteiger partial charge in [0.1, 0.15) is 11.5 Å².